The number of nitrogens with one attached hydrogen (secondary N) is 1. The molecule has 1 fully saturated rings. The van der Waals surface area contributed by atoms with Crippen molar-refractivity contribution in [2.75, 3.05) is 5.32 Å². The number of rotatable bonds is 3. The van der Waals surface area contributed by atoms with E-state index in [4.69, 9.17) is 0 Å². The number of pyridine rings is 1. The molecule has 0 radical (unpaired) electrons. The molecule has 1 N–H and O–H groups in total. The van der Waals surface area contributed by atoms with E-state index in [0.717, 1.165) is 18.7 Å². The van der Waals surface area contributed by atoms with Gasteiger partial charge in [-0.15, -0.1) is 0 Å². The molecule has 0 aromatic carbocycles. The standard InChI is InChI=1S/C14H21N3O2/c1-10-12(17(18)19)6-7-13(15-10)16-11-5-4-8-14(2,3)9-11/h6-7,11H,4-5,8-9H2,1-3H3,(H,15,16). The Morgan fingerprint density at radius 1 is 1.47 bits per heavy atom. The van der Waals surface area contributed by atoms with E-state index in [1.165, 1.54) is 18.9 Å². The van der Waals surface area contributed by atoms with Crippen LogP contribution >= 0.6 is 0 Å². The van der Waals surface area contributed by atoms with E-state index in [-0.39, 0.29) is 5.69 Å². The first-order chi connectivity index (χ1) is 8.87. The highest BCUT2D eigenvalue weighted by Crippen LogP contribution is 2.36. The van der Waals surface area contributed by atoms with Crippen molar-refractivity contribution in [2.24, 2.45) is 5.41 Å². The number of nitrogens with zero attached hydrogens (tertiary/aromatic N) is 2. The first-order valence-electron chi connectivity index (χ1n) is 6.76. The molecule has 1 aromatic rings. The van der Waals surface area contributed by atoms with Gasteiger partial charge < -0.3 is 5.32 Å². The molecular formula is C14H21N3O2. The van der Waals surface area contributed by atoms with Crippen molar-refractivity contribution < 1.29 is 4.92 Å². The van der Waals surface area contributed by atoms with Gasteiger partial charge in [-0.1, -0.05) is 20.3 Å². The number of hydrogen-bond acceptors (Lipinski definition) is 4. The number of nitro groups is 1. The van der Waals surface area contributed by atoms with Gasteiger partial charge in [0.2, 0.25) is 0 Å². The van der Waals surface area contributed by atoms with Gasteiger partial charge >= 0.3 is 0 Å². The molecular weight excluding hydrogens is 242 g/mol. The molecule has 0 amide bonds. The summed E-state index contributed by atoms with van der Waals surface area (Å²) in [4.78, 5) is 14.6. The van der Waals surface area contributed by atoms with E-state index in [0.29, 0.717) is 17.2 Å². The zero-order valence-electron chi connectivity index (χ0n) is 11.8. The van der Waals surface area contributed by atoms with E-state index in [1.807, 2.05) is 0 Å². The summed E-state index contributed by atoms with van der Waals surface area (Å²) in [5.41, 5.74) is 0.908. The zero-order valence-corrected chi connectivity index (χ0v) is 11.8. The lowest BCUT2D eigenvalue weighted by Gasteiger charge is -2.35. The van der Waals surface area contributed by atoms with Crippen molar-refractivity contribution >= 4 is 11.5 Å². The summed E-state index contributed by atoms with van der Waals surface area (Å²) in [6.07, 6.45) is 4.74. The molecule has 5 nitrogen and oxygen atoms in total. The topological polar surface area (TPSA) is 68.1 Å². The number of aromatic nitrogens is 1. The van der Waals surface area contributed by atoms with Gasteiger partial charge in [0.05, 0.1) is 4.92 Å². The van der Waals surface area contributed by atoms with Crippen LogP contribution in [0.25, 0.3) is 0 Å². The third kappa shape index (κ3) is 3.43. The highest BCUT2D eigenvalue weighted by Gasteiger charge is 2.28. The second-order valence-corrected chi connectivity index (χ2v) is 6.16. The second-order valence-electron chi connectivity index (χ2n) is 6.16. The Kier molecular flexibility index (Phi) is 3.73. The molecule has 1 aliphatic carbocycles. The fraction of sp³-hybridized carbons (Fsp3) is 0.643. The Morgan fingerprint density at radius 2 is 2.21 bits per heavy atom. The molecule has 104 valence electrons. The van der Waals surface area contributed by atoms with Gasteiger partial charge in [0.25, 0.3) is 5.69 Å². The monoisotopic (exact) mass is 263 g/mol. The molecule has 19 heavy (non-hydrogen) atoms. The quantitative estimate of drug-likeness (QED) is 0.667. The molecule has 0 saturated heterocycles. The van der Waals surface area contributed by atoms with E-state index >= 15 is 0 Å². The van der Waals surface area contributed by atoms with Crippen LogP contribution < -0.4 is 5.32 Å². The van der Waals surface area contributed by atoms with Crippen molar-refractivity contribution in [1.29, 1.82) is 0 Å². The number of anilines is 1. The Balaban J connectivity index is 2.07. The average molecular weight is 263 g/mol. The summed E-state index contributed by atoms with van der Waals surface area (Å²) in [6.45, 7) is 6.25. The molecule has 0 spiro atoms. The smallest absolute Gasteiger partial charge is 0.290 e. The maximum atomic E-state index is 10.8. The minimum absolute atomic E-state index is 0.0783. The first kappa shape index (κ1) is 13.8. The van der Waals surface area contributed by atoms with Crippen LogP contribution in [0.3, 0.4) is 0 Å². The summed E-state index contributed by atoms with van der Waals surface area (Å²) in [7, 11) is 0. The Bertz CT molecular complexity index is 486. The van der Waals surface area contributed by atoms with E-state index in [9.17, 15) is 10.1 Å². The third-order valence-electron chi connectivity index (χ3n) is 3.81. The lowest BCUT2D eigenvalue weighted by molar-refractivity contribution is -0.385. The summed E-state index contributed by atoms with van der Waals surface area (Å²) in [5, 5.41) is 14.2. The minimum atomic E-state index is -0.393. The average Bonchev–Trinajstić information content (AvgIpc) is 2.27. The summed E-state index contributed by atoms with van der Waals surface area (Å²) < 4.78 is 0. The molecule has 1 aliphatic rings. The van der Waals surface area contributed by atoms with Gasteiger partial charge in [0.15, 0.2) is 0 Å². The van der Waals surface area contributed by atoms with Crippen LogP contribution in [-0.2, 0) is 0 Å². The van der Waals surface area contributed by atoms with Crippen molar-refractivity contribution in [3.63, 3.8) is 0 Å². The van der Waals surface area contributed by atoms with E-state index in [1.54, 1.807) is 13.0 Å². The normalized spacial score (nSPS) is 21.9. The predicted molar refractivity (Wildman–Crippen MR) is 75.3 cm³/mol. The lowest BCUT2D eigenvalue weighted by atomic mass is 9.75. The van der Waals surface area contributed by atoms with Crippen LogP contribution in [-0.4, -0.2) is 15.9 Å². The fourth-order valence-electron chi connectivity index (χ4n) is 2.86. The van der Waals surface area contributed by atoms with Crippen LogP contribution in [0.2, 0.25) is 0 Å². The predicted octanol–water partition coefficient (Wildman–Crippen LogP) is 3.68. The van der Waals surface area contributed by atoms with Crippen LogP contribution in [0.15, 0.2) is 12.1 Å². The molecule has 0 aliphatic heterocycles. The molecule has 1 unspecified atom stereocenters. The number of hydrogen-bond donors (Lipinski definition) is 1. The second kappa shape index (κ2) is 5.15. The van der Waals surface area contributed by atoms with Gasteiger partial charge in [-0.3, -0.25) is 10.1 Å². The van der Waals surface area contributed by atoms with E-state index in [2.05, 4.69) is 24.1 Å². The Morgan fingerprint density at radius 3 is 2.79 bits per heavy atom. The third-order valence-corrected chi connectivity index (χ3v) is 3.81. The number of aryl methyl sites for hydroxylation is 1. The highest BCUT2D eigenvalue weighted by molar-refractivity contribution is 5.45. The first-order valence-corrected chi connectivity index (χ1v) is 6.76. The SMILES string of the molecule is Cc1nc(NC2CCCC(C)(C)C2)ccc1[N+](=O)[O-]. The summed E-state index contributed by atoms with van der Waals surface area (Å²) in [5.74, 6) is 0.741. The van der Waals surface area contributed by atoms with Crippen LogP contribution in [0.1, 0.15) is 45.2 Å². The van der Waals surface area contributed by atoms with Gasteiger partial charge in [-0.05, 0) is 37.7 Å². The van der Waals surface area contributed by atoms with Gasteiger partial charge in [-0.2, -0.15) is 0 Å². The van der Waals surface area contributed by atoms with Crippen molar-refractivity contribution in [3.8, 4) is 0 Å². The van der Waals surface area contributed by atoms with Crippen LogP contribution in [0.4, 0.5) is 11.5 Å². The summed E-state index contributed by atoms with van der Waals surface area (Å²) in [6, 6.07) is 3.64. The van der Waals surface area contributed by atoms with Gasteiger partial charge in [0, 0.05) is 12.1 Å². The van der Waals surface area contributed by atoms with E-state index < -0.39 is 4.92 Å². The van der Waals surface area contributed by atoms with Crippen molar-refractivity contribution in [2.45, 2.75) is 52.5 Å². The van der Waals surface area contributed by atoms with Crippen molar-refractivity contribution in [1.82, 2.24) is 4.98 Å². The highest BCUT2D eigenvalue weighted by atomic mass is 16.6. The van der Waals surface area contributed by atoms with Gasteiger partial charge in [-0.25, -0.2) is 4.98 Å². The Labute approximate surface area is 113 Å². The van der Waals surface area contributed by atoms with Crippen LogP contribution in [0, 0.1) is 22.5 Å². The fourth-order valence-corrected chi connectivity index (χ4v) is 2.86. The Hall–Kier alpha value is -1.65. The van der Waals surface area contributed by atoms with Gasteiger partial charge in [0.1, 0.15) is 11.5 Å². The molecule has 0 bridgehead atoms. The molecule has 1 heterocycles. The maximum Gasteiger partial charge on any atom is 0.290 e. The molecule has 1 atom stereocenters. The molecule has 5 heteroatoms. The van der Waals surface area contributed by atoms with Crippen molar-refractivity contribution in [3.05, 3.63) is 27.9 Å². The minimum Gasteiger partial charge on any atom is -0.367 e. The zero-order chi connectivity index (χ0) is 14.0. The molecule has 1 aromatic heterocycles. The summed E-state index contributed by atoms with van der Waals surface area (Å²) >= 11 is 0. The largest absolute Gasteiger partial charge is 0.367 e. The maximum absolute atomic E-state index is 10.8. The molecule has 2 rings (SSSR count). The molecule has 1 saturated carbocycles. The lowest BCUT2D eigenvalue weighted by Crippen LogP contribution is -2.32. The van der Waals surface area contributed by atoms with Crippen LogP contribution in [0.5, 0.6) is 0 Å².